The molecule has 0 aliphatic carbocycles. The molecule has 0 radical (unpaired) electrons. The SMILES string of the molecule is CN(C(=O)[C@H]1CNC[C@@H]1c1cnn(C)c1)c1ccc(C(C)(C)C)cc1.Cl. The van der Waals surface area contributed by atoms with Crippen molar-refractivity contribution in [2.75, 3.05) is 25.0 Å². The zero-order valence-electron chi connectivity index (χ0n) is 16.2. The van der Waals surface area contributed by atoms with Gasteiger partial charge in [-0.1, -0.05) is 32.9 Å². The van der Waals surface area contributed by atoms with Crippen molar-refractivity contribution in [1.82, 2.24) is 15.1 Å². The minimum atomic E-state index is -0.0588. The molecule has 1 fully saturated rings. The number of carbonyl (C=O) groups is 1. The third-order valence-electron chi connectivity index (χ3n) is 5.14. The number of benzene rings is 1. The van der Waals surface area contributed by atoms with Gasteiger partial charge in [-0.3, -0.25) is 9.48 Å². The second-order valence-corrected chi connectivity index (χ2v) is 8.01. The number of nitrogens with one attached hydrogen (secondary N) is 1. The van der Waals surface area contributed by atoms with Crippen LogP contribution in [0.3, 0.4) is 0 Å². The molecule has 26 heavy (non-hydrogen) atoms. The van der Waals surface area contributed by atoms with Crippen molar-refractivity contribution in [2.24, 2.45) is 13.0 Å². The molecule has 1 aliphatic rings. The van der Waals surface area contributed by atoms with Crippen molar-refractivity contribution in [2.45, 2.75) is 32.1 Å². The van der Waals surface area contributed by atoms with E-state index in [-0.39, 0.29) is 35.6 Å². The third kappa shape index (κ3) is 4.10. The fraction of sp³-hybridized carbons (Fsp3) is 0.500. The van der Waals surface area contributed by atoms with E-state index in [4.69, 9.17) is 0 Å². The molecule has 0 unspecified atom stereocenters. The first-order valence-electron chi connectivity index (χ1n) is 8.85. The Morgan fingerprint density at radius 1 is 1.23 bits per heavy atom. The summed E-state index contributed by atoms with van der Waals surface area (Å²) in [6.45, 7) is 8.11. The van der Waals surface area contributed by atoms with Crippen molar-refractivity contribution >= 4 is 24.0 Å². The molecule has 1 aliphatic heterocycles. The van der Waals surface area contributed by atoms with Crippen LogP contribution in [0.15, 0.2) is 36.7 Å². The lowest BCUT2D eigenvalue weighted by Crippen LogP contribution is -2.36. The maximum absolute atomic E-state index is 13.1. The molecule has 2 atom stereocenters. The summed E-state index contributed by atoms with van der Waals surface area (Å²) >= 11 is 0. The van der Waals surface area contributed by atoms with Gasteiger partial charge in [0.1, 0.15) is 0 Å². The number of aryl methyl sites for hydroxylation is 1. The summed E-state index contributed by atoms with van der Waals surface area (Å²) in [5.74, 6) is 0.274. The summed E-state index contributed by atoms with van der Waals surface area (Å²) in [5, 5.41) is 7.62. The Kier molecular flexibility index (Phi) is 6.14. The van der Waals surface area contributed by atoms with Crippen molar-refractivity contribution in [3.63, 3.8) is 0 Å². The standard InChI is InChI=1S/C20H28N4O.ClH/c1-20(2,3)15-6-8-16(9-7-15)24(5)19(25)18-12-21-11-17(18)14-10-22-23(4)13-14;/h6-10,13,17-18,21H,11-12H2,1-5H3;1H/t17-,18+;/m1./s1. The van der Waals surface area contributed by atoms with Gasteiger partial charge in [0.15, 0.2) is 0 Å². The quantitative estimate of drug-likeness (QED) is 0.895. The zero-order valence-corrected chi connectivity index (χ0v) is 17.0. The molecule has 0 spiro atoms. The molecule has 1 N–H and O–H groups in total. The highest BCUT2D eigenvalue weighted by molar-refractivity contribution is 5.95. The van der Waals surface area contributed by atoms with Gasteiger partial charge in [-0.25, -0.2) is 0 Å². The summed E-state index contributed by atoms with van der Waals surface area (Å²) in [7, 11) is 3.78. The number of carbonyl (C=O) groups excluding carboxylic acids is 1. The van der Waals surface area contributed by atoms with Crippen LogP contribution in [0.4, 0.5) is 5.69 Å². The molecule has 1 aromatic carbocycles. The van der Waals surface area contributed by atoms with Gasteiger partial charge in [0.25, 0.3) is 0 Å². The third-order valence-corrected chi connectivity index (χ3v) is 5.14. The number of hydrogen-bond donors (Lipinski definition) is 1. The lowest BCUT2D eigenvalue weighted by Gasteiger charge is -2.25. The topological polar surface area (TPSA) is 50.2 Å². The Hall–Kier alpha value is -1.85. The Labute approximate surface area is 162 Å². The highest BCUT2D eigenvalue weighted by Gasteiger charge is 2.36. The van der Waals surface area contributed by atoms with Crippen molar-refractivity contribution in [3.8, 4) is 0 Å². The first kappa shape index (κ1) is 20.5. The van der Waals surface area contributed by atoms with E-state index in [2.05, 4.69) is 43.3 Å². The van der Waals surface area contributed by atoms with E-state index in [1.165, 1.54) is 5.56 Å². The maximum atomic E-state index is 13.1. The van der Waals surface area contributed by atoms with Crippen LogP contribution in [0, 0.1) is 5.92 Å². The van der Waals surface area contributed by atoms with Gasteiger partial charge in [0.05, 0.1) is 12.1 Å². The largest absolute Gasteiger partial charge is 0.315 e. The lowest BCUT2D eigenvalue weighted by molar-refractivity contribution is -0.121. The molecular weight excluding hydrogens is 348 g/mol. The molecule has 1 saturated heterocycles. The molecule has 3 rings (SSSR count). The highest BCUT2D eigenvalue weighted by Crippen LogP contribution is 2.31. The number of aromatic nitrogens is 2. The maximum Gasteiger partial charge on any atom is 0.231 e. The van der Waals surface area contributed by atoms with Crippen molar-refractivity contribution in [1.29, 1.82) is 0 Å². The normalized spacial score (nSPS) is 19.9. The summed E-state index contributed by atoms with van der Waals surface area (Å²) < 4.78 is 1.80. The number of hydrogen-bond acceptors (Lipinski definition) is 3. The molecule has 1 amide bonds. The van der Waals surface area contributed by atoms with Gasteiger partial charge >= 0.3 is 0 Å². The molecule has 142 valence electrons. The monoisotopic (exact) mass is 376 g/mol. The average molecular weight is 377 g/mol. The van der Waals surface area contributed by atoms with E-state index < -0.39 is 0 Å². The van der Waals surface area contributed by atoms with Crippen LogP contribution >= 0.6 is 12.4 Å². The van der Waals surface area contributed by atoms with Crippen LogP contribution in [0.2, 0.25) is 0 Å². The highest BCUT2D eigenvalue weighted by atomic mass is 35.5. The average Bonchev–Trinajstić information content (AvgIpc) is 3.21. The van der Waals surface area contributed by atoms with Crippen LogP contribution in [0.25, 0.3) is 0 Å². The van der Waals surface area contributed by atoms with Gasteiger partial charge in [-0.2, -0.15) is 5.10 Å². The molecule has 6 heteroatoms. The Balaban J connectivity index is 0.00000243. The smallest absolute Gasteiger partial charge is 0.231 e. The summed E-state index contributed by atoms with van der Waals surface area (Å²) in [6.07, 6.45) is 3.88. The van der Waals surface area contributed by atoms with E-state index in [1.54, 1.807) is 9.58 Å². The molecule has 2 heterocycles. The van der Waals surface area contributed by atoms with E-state index in [9.17, 15) is 4.79 Å². The molecule has 0 bridgehead atoms. The Morgan fingerprint density at radius 2 is 1.88 bits per heavy atom. The second kappa shape index (κ2) is 7.80. The van der Waals surface area contributed by atoms with Gasteiger partial charge in [-0.05, 0) is 28.7 Å². The summed E-state index contributed by atoms with van der Waals surface area (Å²) in [5.41, 5.74) is 3.45. The Bertz CT molecular complexity index is 748. The summed E-state index contributed by atoms with van der Waals surface area (Å²) in [6, 6.07) is 8.31. The lowest BCUT2D eigenvalue weighted by atomic mass is 9.87. The van der Waals surface area contributed by atoms with Gasteiger partial charge in [0, 0.05) is 45.0 Å². The second-order valence-electron chi connectivity index (χ2n) is 8.01. The first-order chi connectivity index (χ1) is 11.8. The molecule has 1 aromatic heterocycles. The van der Waals surface area contributed by atoms with Gasteiger partial charge < -0.3 is 10.2 Å². The van der Waals surface area contributed by atoms with Gasteiger partial charge in [-0.15, -0.1) is 12.4 Å². The first-order valence-corrected chi connectivity index (χ1v) is 8.85. The van der Waals surface area contributed by atoms with Gasteiger partial charge in [0.2, 0.25) is 5.91 Å². The molecule has 2 aromatic rings. The number of anilines is 1. The number of amides is 1. The van der Waals surface area contributed by atoms with Crippen LogP contribution in [-0.4, -0.2) is 35.8 Å². The van der Waals surface area contributed by atoms with Crippen LogP contribution < -0.4 is 10.2 Å². The zero-order chi connectivity index (χ0) is 18.2. The Morgan fingerprint density at radius 3 is 2.42 bits per heavy atom. The van der Waals surface area contributed by atoms with E-state index in [0.717, 1.165) is 17.8 Å². The van der Waals surface area contributed by atoms with Crippen molar-refractivity contribution in [3.05, 3.63) is 47.8 Å². The fourth-order valence-electron chi connectivity index (χ4n) is 3.48. The van der Waals surface area contributed by atoms with E-state index in [0.29, 0.717) is 6.54 Å². The number of halogens is 1. The minimum absolute atomic E-state index is 0. The number of nitrogens with zero attached hydrogens (tertiary/aromatic N) is 3. The van der Waals surface area contributed by atoms with E-state index >= 15 is 0 Å². The predicted octanol–water partition coefficient (Wildman–Crippen LogP) is 3.11. The molecular formula is C20H29ClN4O. The van der Waals surface area contributed by atoms with Crippen LogP contribution in [0.1, 0.15) is 37.8 Å². The predicted molar refractivity (Wildman–Crippen MR) is 108 cm³/mol. The molecule has 0 saturated carbocycles. The van der Waals surface area contributed by atoms with Crippen LogP contribution in [-0.2, 0) is 17.3 Å². The minimum Gasteiger partial charge on any atom is -0.315 e. The fourth-order valence-corrected chi connectivity index (χ4v) is 3.48. The summed E-state index contributed by atoms with van der Waals surface area (Å²) in [4.78, 5) is 14.9. The molecule has 5 nitrogen and oxygen atoms in total. The number of rotatable bonds is 3. The van der Waals surface area contributed by atoms with E-state index in [1.807, 2.05) is 38.6 Å². The van der Waals surface area contributed by atoms with Crippen LogP contribution in [0.5, 0.6) is 0 Å². The van der Waals surface area contributed by atoms with Crippen molar-refractivity contribution < 1.29 is 4.79 Å².